The summed E-state index contributed by atoms with van der Waals surface area (Å²) in [6.07, 6.45) is -2.54. The van der Waals surface area contributed by atoms with E-state index in [0.717, 1.165) is 22.3 Å². The van der Waals surface area contributed by atoms with E-state index in [2.05, 4.69) is 0 Å². The average Bonchev–Trinajstić information content (AvgIpc) is 3.00. The molecule has 200 valence electrons. The Labute approximate surface area is 235 Å². The van der Waals surface area contributed by atoms with Crippen LogP contribution in [0.2, 0.25) is 0 Å². The second-order valence-electron chi connectivity index (χ2n) is 9.34. The van der Waals surface area contributed by atoms with Crippen LogP contribution >= 0.6 is 12.2 Å². The normalized spacial score (nSPS) is 20.9. The quantitative estimate of drug-likeness (QED) is 0.188. The maximum Gasteiger partial charge on any atom is 0.230 e. The third-order valence-electron chi connectivity index (χ3n) is 6.46. The van der Waals surface area contributed by atoms with Gasteiger partial charge in [0, 0.05) is 0 Å². The van der Waals surface area contributed by atoms with Gasteiger partial charge in [-0.2, -0.15) is 0 Å². The van der Waals surface area contributed by atoms with E-state index >= 15 is 0 Å². The predicted octanol–water partition coefficient (Wildman–Crippen LogP) is 6.64. The van der Waals surface area contributed by atoms with Crippen LogP contribution in [0, 0.1) is 0 Å². The summed E-state index contributed by atoms with van der Waals surface area (Å²) >= 11 is 5.73. The van der Waals surface area contributed by atoms with Gasteiger partial charge in [0.2, 0.25) is 6.29 Å². The molecule has 4 atom stereocenters. The minimum Gasteiger partial charge on any atom is -0.452 e. The van der Waals surface area contributed by atoms with Crippen molar-refractivity contribution < 1.29 is 23.7 Å². The van der Waals surface area contributed by atoms with Gasteiger partial charge in [-0.3, -0.25) is 0 Å². The van der Waals surface area contributed by atoms with E-state index in [9.17, 15) is 0 Å². The summed E-state index contributed by atoms with van der Waals surface area (Å²) in [5.74, 6) is 0. The van der Waals surface area contributed by atoms with Gasteiger partial charge < -0.3 is 23.7 Å². The lowest BCUT2D eigenvalue weighted by molar-refractivity contribution is -0.252. The molecule has 0 radical (unpaired) electrons. The van der Waals surface area contributed by atoms with Crippen LogP contribution in [0.1, 0.15) is 22.3 Å². The molecule has 1 aliphatic rings. The average molecular weight is 541 g/mol. The summed E-state index contributed by atoms with van der Waals surface area (Å²) in [6, 6.07) is 40.0. The van der Waals surface area contributed by atoms with Gasteiger partial charge >= 0.3 is 0 Å². The molecule has 0 N–H and O–H groups in total. The monoisotopic (exact) mass is 540 g/mol. The van der Waals surface area contributed by atoms with Gasteiger partial charge in [-0.25, -0.2) is 0 Å². The molecule has 5 nitrogen and oxygen atoms in total. The number of ether oxygens (including phenoxy) is 5. The minimum absolute atomic E-state index is 0.293. The lowest BCUT2D eigenvalue weighted by Crippen LogP contribution is -2.58. The highest BCUT2D eigenvalue weighted by Crippen LogP contribution is 2.29. The van der Waals surface area contributed by atoms with E-state index in [4.69, 9.17) is 35.9 Å². The minimum atomic E-state index is -0.765. The van der Waals surface area contributed by atoms with Crippen molar-refractivity contribution in [1.82, 2.24) is 0 Å². The van der Waals surface area contributed by atoms with E-state index in [1.807, 2.05) is 121 Å². The molecule has 0 bridgehead atoms. The smallest absolute Gasteiger partial charge is 0.230 e. The molecule has 4 aromatic rings. The standard InChI is InChI=1S/C33H32O5S/c39-33-31(36-23-27-17-9-3-10-18-27)29(34-21-25-13-5-1-6-14-25)30(35-22-26-15-7-2-8-16-26)32(38-33)37-24-28-19-11-4-12-20-28/h1-20,29-32H,21-24H2/t29-,30-,31+,32-/m0/s1. The van der Waals surface area contributed by atoms with Crippen molar-refractivity contribution in [1.29, 1.82) is 0 Å². The Morgan fingerprint density at radius 3 is 1.26 bits per heavy atom. The molecule has 1 fully saturated rings. The number of benzene rings is 4. The van der Waals surface area contributed by atoms with E-state index in [1.165, 1.54) is 0 Å². The van der Waals surface area contributed by atoms with Crippen molar-refractivity contribution in [3.63, 3.8) is 0 Å². The van der Waals surface area contributed by atoms with Crippen LogP contribution in [0.3, 0.4) is 0 Å². The van der Waals surface area contributed by atoms with Crippen LogP contribution in [0.15, 0.2) is 121 Å². The molecule has 0 aliphatic carbocycles. The van der Waals surface area contributed by atoms with Crippen molar-refractivity contribution in [2.75, 3.05) is 0 Å². The fourth-order valence-corrected chi connectivity index (χ4v) is 4.70. The largest absolute Gasteiger partial charge is 0.452 e. The van der Waals surface area contributed by atoms with Crippen LogP contribution in [-0.4, -0.2) is 29.7 Å². The lowest BCUT2D eigenvalue weighted by atomic mass is 10.0. The second kappa shape index (κ2) is 14.1. The Morgan fingerprint density at radius 1 is 0.462 bits per heavy atom. The molecule has 0 aromatic heterocycles. The van der Waals surface area contributed by atoms with Crippen LogP contribution in [0.4, 0.5) is 0 Å². The van der Waals surface area contributed by atoms with E-state index in [-0.39, 0.29) is 0 Å². The molecule has 5 rings (SSSR count). The van der Waals surface area contributed by atoms with Crippen LogP contribution in [-0.2, 0) is 50.1 Å². The summed E-state index contributed by atoms with van der Waals surface area (Å²) in [7, 11) is 0. The summed E-state index contributed by atoms with van der Waals surface area (Å²) in [5, 5.41) is 0.293. The summed E-state index contributed by atoms with van der Waals surface area (Å²) in [5.41, 5.74) is 4.14. The predicted molar refractivity (Wildman–Crippen MR) is 154 cm³/mol. The Hall–Kier alpha value is -3.39. The first-order chi connectivity index (χ1) is 19.3. The van der Waals surface area contributed by atoms with Crippen LogP contribution < -0.4 is 0 Å². The van der Waals surface area contributed by atoms with Gasteiger partial charge in [0.15, 0.2) is 11.2 Å². The highest BCUT2D eigenvalue weighted by Gasteiger charge is 2.47. The zero-order valence-electron chi connectivity index (χ0n) is 21.6. The van der Waals surface area contributed by atoms with E-state index in [1.54, 1.807) is 0 Å². The van der Waals surface area contributed by atoms with Crippen molar-refractivity contribution in [2.45, 2.75) is 51.0 Å². The number of hydrogen-bond acceptors (Lipinski definition) is 6. The van der Waals surface area contributed by atoms with Crippen molar-refractivity contribution >= 4 is 17.3 Å². The zero-order valence-corrected chi connectivity index (χ0v) is 22.5. The van der Waals surface area contributed by atoms with E-state index in [0.29, 0.717) is 31.5 Å². The Morgan fingerprint density at radius 2 is 0.821 bits per heavy atom. The Bertz CT molecular complexity index is 1270. The number of thiocarbonyl (C=S) groups is 1. The molecule has 0 unspecified atom stereocenters. The highest BCUT2D eigenvalue weighted by molar-refractivity contribution is 7.80. The fourth-order valence-electron chi connectivity index (χ4n) is 4.40. The molecule has 0 spiro atoms. The topological polar surface area (TPSA) is 46.2 Å². The third kappa shape index (κ3) is 7.82. The SMILES string of the molecule is S=C1O[C@H](OCc2ccccc2)[C@@H](OCc2ccccc2)[C@H](OCc2ccccc2)[C@H]1OCc1ccccc1. The van der Waals surface area contributed by atoms with Gasteiger partial charge in [-0.05, 0) is 34.5 Å². The summed E-state index contributed by atoms with van der Waals surface area (Å²) < 4.78 is 31.8. The maximum absolute atomic E-state index is 6.53. The van der Waals surface area contributed by atoms with Gasteiger partial charge in [-0.15, -0.1) is 0 Å². The molecule has 0 amide bonds. The van der Waals surface area contributed by atoms with Gasteiger partial charge in [0.05, 0.1) is 26.4 Å². The summed E-state index contributed by atoms with van der Waals surface area (Å²) in [4.78, 5) is 0. The molecule has 6 heteroatoms. The van der Waals surface area contributed by atoms with Crippen molar-refractivity contribution in [2.24, 2.45) is 0 Å². The first-order valence-electron chi connectivity index (χ1n) is 13.1. The highest BCUT2D eigenvalue weighted by atomic mass is 32.1. The molecule has 4 aromatic carbocycles. The molecule has 0 saturated carbocycles. The molecule has 1 heterocycles. The van der Waals surface area contributed by atoms with E-state index < -0.39 is 24.6 Å². The summed E-state index contributed by atoms with van der Waals surface area (Å²) in [6.45, 7) is 1.45. The Balaban J connectivity index is 1.39. The number of rotatable bonds is 12. The lowest BCUT2D eigenvalue weighted by Gasteiger charge is -2.42. The molecular weight excluding hydrogens is 508 g/mol. The number of hydrogen-bond donors (Lipinski definition) is 0. The third-order valence-corrected chi connectivity index (χ3v) is 6.78. The molecule has 1 aliphatic heterocycles. The fraction of sp³-hybridized carbons (Fsp3) is 0.242. The van der Waals surface area contributed by atoms with Gasteiger partial charge in [-0.1, -0.05) is 121 Å². The van der Waals surface area contributed by atoms with Crippen molar-refractivity contribution in [3.05, 3.63) is 144 Å². The first kappa shape index (κ1) is 27.2. The van der Waals surface area contributed by atoms with Crippen LogP contribution in [0.5, 0.6) is 0 Å². The van der Waals surface area contributed by atoms with Gasteiger partial charge in [0.25, 0.3) is 0 Å². The molecule has 1 saturated heterocycles. The Kier molecular flexibility index (Phi) is 9.85. The van der Waals surface area contributed by atoms with Gasteiger partial charge in [0.1, 0.15) is 12.2 Å². The van der Waals surface area contributed by atoms with Crippen LogP contribution in [0.25, 0.3) is 0 Å². The van der Waals surface area contributed by atoms with Crippen molar-refractivity contribution in [3.8, 4) is 0 Å². The maximum atomic E-state index is 6.53. The molecular formula is C33H32O5S. The first-order valence-corrected chi connectivity index (χ1v) is 13.5. The second-order valence-corrected chi connectivity index (χ2v) is 9.74. The zero-order chi connectivity index (χ0) is 26.7. The molecule has 39 heavy (non-hydrogen) atoms.